The number of carbonyl (C=O) groups is 1. The number of carbonyl (C=O) groups excluding carboxylic acids is 1. The molecule has 1 amide bonds. The van der Waals surface area contributed by atoms with Crippen molar-refractivity contribution in [3.8, 4) is 0 Å². The van der Waals surface area contributed by atoms with Crippen LogP contribution in [0.2, 0.25) is 0 Å². The van der Waals surface area contributed by atoms with Crippen molar-refractivity contribution in [2.45, 2.75) is 25.2 Å². The van der Waals surface area contributed by atoms with Gasteiger partial charge >= 0.3 is 0 Å². The number of ether oxygens (including phenoxy) is 1. The van der Waals surface area contributed by atoms with E-state index >= 15 is 0 Å². The molecule has 0 radical (unpaired) electrons. The molecule has 0 spiro atoms. The van der Waals surface area contributed by atoms with Crippen molar-refractivity contribution in [2.24, 2.45) is 5.92 Å². The summed E-state index contributed by atoms with van der Waals surface area (Å²) in [4.78, 5) is 23.4. The monoisotopic (exact) mass is 373 g/mol. The Morgan fingerprint density at radius 3 is 2.92 bits per heavy atom. The zero-order valence-corrected chi connectivity index (χ0v) is 16.4. The normalized spacial score (nSPS) is 22.2. The average molecular weight is 374 g/mol. The van der Waals surface area contributed by atoms with Crippen LogP contribution in [0.15, 0.2) is 18.3 Å². The Bertz CT molecular complexity index is 782. The topological polar surface area (TPSA) is 45.7 Å². The van der Waals surface area contributed by atoms with Crippen LogP contribution in [0.3, 0.4) is 0 Å². The Balaban J connectivity index is 1.58. The summed E-state index contributed by atoms with van der Waals surface area (Å²) in [6.45, 7) is 5.15. The number of thiophene rings is 1. The fourth-order valence-corrected chi connectivity index (χ4v) is 5.50. The lowest BCUT2D eigenvalue weighted by molar-refractivity contribution is 0.0553. The first-order valence-corrected chi connectivity index (χ1v) is 10.3. The Kier molecular flexibility index (Phi) is 5.25. The highest BCUT2D eigenvalue weighted by Gasteiger charge is 2.32. The fraction of sp³-hybridized carbons (Fsp3) is 0.600. The molecule has 2 aliphatic rings. The van der Waals surface area contributed by atoms with Gasteiger partial charge in [-0.05, 0) is 43.4 Å². The van der Waals surface area contributed by atoms with Crippen LogP contribution < -0.4 is 0 Å². The average Bonchev–Trinajstić information content (AvgIpc) is 3.25. The van der Waals surface area contributed by atoms with Crippen LogP contribution in [0.1, 0.15) is 40.4 Å². The molecule has 0 bridgehead atoms. The van der Waals surface area contributed by atoms with E-state index < -0.39 is 0 Å². The van der Waals surface area contributed by atoms with Crippen LogP contribution >= 0.6 is 11.3 Å². The summed E-state index contributed by atoms with van der Waals surface area (Å²) in [6.07, 6.45) is 5.30. The zero-order chi connectivity index (χ0) is 18.1. The third kappa shape index (κ3) is 3.50. The SMILES string of the molecule is CN(C)C(=O)c1sc2ncccc2c1[C@H]1CCN(CC2CCOCC2)C1. The van der Waals surface area contributed by atoms with Crippen molar-refractivity contribution >= 4 is 27.5 Å². The van der Waals surface area contributed by atoms with Crippen molar-refractivity contribution in [2.75, 3.05) is 46.9 Å². The Labute approximate surface area is 159 Å². The van der Waals surface area contributed by atoms with Crippen molar-refractivity contribution < 1.29 is 9.53 Å². The zero-order valence-electron chi connectivity index (χ0n) is 15.6. The van der Waals surface area contributed by atoms with Gasteiger partial charge in [-0.25, -0.2) is 4.98 Å². The molecule has 0 unspecified atom stereocenters. The van der Waals surface area contributed by atoms with Crippen LogP contribution in [0.25, 0.3) is 10.2 Å². The van der Waals surface area contributed by atoms with E-state index in [-0.39, 0.29) is 5.91 Å². The highest BCUT2D eigenvalue weighted by Crippen LogP contribution is 2.40. The molecule has 0 aliphatic carbocycles. The summed E-state index contributed by atoms with van der Waals surface area (Å²) in [5.41, 5.74) is 1.23. The third-order valence-electron chi connectivity index (χ3n) is 5.64. The van der Waals surface area contributed by atoms with Crippen molar-refractivity contribution in [1.29, 1.82) is 0 Å². The summed E-state index contributed by atoms with van der Waals surface area (Å²) >= 11 is 1.55. The quantitative estimate of drug-likeness (QED) is 0.826. The minimum atomic E-state index is 0.103. The number of nitrogens with zero attached hydrogens (tertiary/aromatic N) is 3. The standard InChI is InChI=1S/C20H27N3O2S/c1-22(2)20(24)18-17(16-4-3-8-21-19(16)26-18)15-5-9-23(13-15)12-14-6-10-25-11-7-14/h3-4,8,14-15H,5-7,9-13H2,1-2H3/t15-/m0/s1. The minimum Gasteiger partial charge on any atom is -0.381 e. The van der Waals surface area contributed by atoms with Crippen molar-refractivity contribution in [3.05, 3.63) is 28.8 Å². The maximum Gasteiger partial charge on any atom is 0.263 e. The van der Waals surface area contributed by atoms with Crippen LogP contribution in [0, 0.1) is 5.92 Å². The summed E-state index contributed by atoms with van der Waals surface area (Å²) in [6, 6.07) is 4.11. The predicted octanol–water partition coefficient (Wildman–Crippen LogP) is 3.21. The van der Waals surface area contributed by atoms with E-state index in [4.69, 9.17) is 4.74 Å². The molecule has 4 heterocycles. The number of aromatic nitrogens is 1. The fourth-order valence-electron chi connectivity index (χ4n) is 4.25. The number of fused-ring (bicyclic) bond motifs is 1. The lowest BCUT2D eigenvalue weighted by Crippen LogP contribution is -2.31. The van der Waals surface area contributed by atoms with E-state index in [0.29, 0.717) is 5.92 Å². The maximum absolute atomic E-state index is 12.8. The van der Waals surface area contributed by atoms with Crippen molar-refractivity contribution in [3.63, 3.8) is 0 Å². The number of rotatable bonds is 4. The molecule has 2 saturated heterocycles. The van der Waals surface area contributed by atoms with E-state index in [1.54, 1.807) is 16.2 Å². The molecule has 2 aromatic rings. The van der Waals surface area contributed by atoms with Gasteiger partial charge in [0.25, 0.3) is 5.91 Å². The lowest BCUT2D eigenvalue weighted by Gasteiger charge is -2.27. The van der Waals surface area contributed by atoms with Gasteiger partial charge in [-0.3, -0.25) is 4.79 Å². The molecule has 4 rings (SSSR count). The number of amides is 1. The van der Waals surface area contributed by atoms with Gasteiger partial charge in [0.2, 0.25) is 0 Å². The molecule has 26 heavy (non-hydrogen) atoms. The second-order valence-corrected chi connectivity index (χ2v) is 8.70. The second kappa shape index (κ2) is 7.62. The highest BCUT2D eigenvalue weighted by molar-refractivity contribution is 7.20. The molecule has 2 aliphatic heterocycles. The summed E-state index contributed by atoms with van der Waals surface area (Å²) in [5.74, 6) is 1.28. The molecule has 5 nitrogen and oxygen atoms in total. The van der Waals surface area contributed by atoms with Crippen LogP contribution in [-0.2, 0) is 4.74 Å². The minimum absolute atomic E-state index is 0.103. The van der Waals surface area contributed by atoms with E-state index in [1.165, 1.54) is 23.8 Å². The van der Waals surface area contributed by atoms with E-state index in [1.807, 2.05) is 26.4 Å². The molecule has 0 aromatic carbocycles. The first-order valence-electron chi connectivity index (χ1n) is 9.52. The first-order chi connectivity index (χ1) is 12.6. The number of hydrogen-bond acceptors (Lipinski definition) is 5. The van der Waals surface area contributed by atoms with Crippen LogP contribution in [0.4, 0.5) is 0 Å². The molecular formula is C20H27N3O2S. The molecule has 1 atom stereocenters. The number of hydrogen-bond donors (Lipinski definition) is 0. The van der Waals surface area contributed by atoms with Gasteiger partial charge in [0.1, 0.15) is 4.83 Å². The smallest absolute Gasteiger partial charge is 0.263 e. The summed E-state index contributed by atoms with van der Waals surface area (Å²) < 4.78 is 5.49. The van der Waals surface area contributed by atoms with Gasteiger partial charge in [-0.1, -0.05) is 6.07 Å². The molecular weight excluding hydrogens is 346 g/mol. The van der Waals surface area contributed by atoms with Gasteiger partial charge in [0.15, 0.2) is 0 Å². The molecule has 2 aromatic heterocycles. The van der Waals surface area contributed by atoms with Crippen molar-refractivity contribution in [1.82, 2.24) is 14.8 Å². The van der Waals surface area contributed by atoms with Gasteiger partial charge in [0.05, 0.1) is 4.88 Å². The Morgan fingerprint density at radius 1 is 1.35 bits per heavy atom. The third-order valence-corrected chi connectivity index (χ3v) is 6.76. The van der Waals surface area contributed by atoms with Gasteiger partial charge in [-0.15, -0.1) is 11.3 Å². The maximum atomic E-state index is 12.8. The Morgan fingerprint density at radius 2 is 2.15 bits per heavy atom. The molecule has 6 heteroatoms. The number of likely N-dealkylation sites (tertiary alicyclic amines) is 1. The van der Waals surface area contributed by atoms with Gasteiger partial charge < -0.3 is 14.5 Å². The summed E-state index contributed by atoms with van der Waals surface area (Å²) in [7, 11) is 3.66. The first kappa shape index (κ1) is 17.9. The van der Waals surface area contributed by atoms with E-state index in [0.717, 1.165) is 54.9 Å². The summed E-state index contributed by atoms with van der Waals surface area (Å²) in [5, 5.41) is 1.17. The molecule has 2 fully saturated rings. The lowest BCUT2D eigenvalue weighted by atomic mass is 9.95. The van der Waals surface area contributed by atoms with E-state index in [9.17, 15) is 4.79 Å². The van der Waals surface area contributed by atoms with E-state index in [2.05, 4.69) is 16.0 Å². The van der Waals surface area contributed by atoms with Crippen LogP contribution in [0.5, 0.6) is 0 Å². The number of pyridine rings is 1. The van der Waals surface area contributed by atoms with Gasteiger partial charge in [0, 0.05) is 57.9 Å². The predicted molar refractivity (Wildman–Crippen MR) is 105 cm³/mol. The van der Waals surface area contributed by atoms with Gasteiger partial charge in [-0.2, -0.15) is 0 Å². The highest BCUT2D eigenvalue weighted by atomic mass is 32.1. The molecule has 140 valence electrons. The van der Waals surface area contributed by atoms with Crippen LogP contribution in [-0.4, -0.2) is 67.6 Å². The second-order valence-electron chi connectivity index (χ2n) is 7.70. The molecule has 0 N–H and O–H groups in total. The largest absolute Gasteiger partial charge is 0.381 e. The Hall–Kier alpha value is -1.50. The molecule has 0 saturated carbocycles.